The van der Waals surface area contributed by atoms with Crippen molar-refractivity contribution in [2.75, 3.05) is 5.32 Å². The lowest BCUT2D eigenvalue weighted by atomic mass is 9.99. The van der Waals surface area contributed by atoms with E-state index in [1.54, 1.807) is 0 Å². The van der Waals surface area contributed by atoms with Crippen LogP contribution < -0.4 is 11.1 Å². The first kappa shape index (κ1) is 14.7. The monoisotopic (exact) mass is 365 g/mol. The number of amides is 1. The Labute approximate surface area is 135 Å². The van der Waals surface area contributed by atoms with Crippen molar-refractivity contribution in [3.63, 3.8) is 0 Å². The lowest BCUT2D eigenvalue weighted by Gasteiger charge is -2.15. The van der Waals surface area contributed by atoms with Crippen LogP contribution in [0.2, 0.25) is 0 Å². The Morgan fingerprint density at radius 2 is 2.33 bits per heavy atom. The molecule has 0 radical (unpaired) electrons. The minimum Gasteiger partial charge on any atom is -0.327 e. The number of hydrogen-bond acceptors (Lipinski definition) is 4. The minimum absolute atomic E-state index is 0.141. The van der Waals surface area contributed by atoms with E-state index in [9.17, 15) is 4.79 Å². The second kappa shape index (κ2) is 5.87. The van der Waals surface area contributed by atoms with Gasteiger partial charge < -0.3 is 5.73 Å². The quantitative estimate of drug-likeness (QED) is 0.857. The van der Waals surface area contributed by atoms with E-state index in [4.69, 9.17) is 5.73 Å². The molecule has 2 aromatic rings. The van der Waals surface area contributed by atoms with Crippen molar-refractivity contribution in [2.45, 2.75) is 32.2 Å². The van der Waals surface area contributed by atoms with Crippen molar-refractivity contribution in [1.29, 1.82) is 0 Å². The predicted molar refractivity (Wildman–Crippen MR) is 88.9 cm³/mol. The summed E-state index contributed by atoms with van der Waals surface area (Å²) in [5.74, 6) is -0.141. The highest BCUT2D eigenvalue weighted by Crippen LogP contribution is 2.30. The highest BCUT2D eigenvalue weighted by molar-refractivity contribution is 9.10. The summed E-state index contributed by atoms with van der Waals surface area (Å²) in [5, 5.41) is 3.55. The number of nitrogens with zero attached hydrogens (tertiary/aromatic N) is 1. The third-order valence-electron chi connectivity index (χ3n) is 3.57. The van der Waals surface area contributed by atoms with Crippen LogP contribution in [0.15, 0.2) is 22.7 Å². The number of thiazole rings is 1. The van der Waals surface area contributed by atoms with Gasteiger partial charge in [-0.25, -0.2) is 4.98 Å². The molecule has 1 aromatic carbocycles. The van der Waals surface area contributed by atoms with E-state index in [0.717, 1.165) is 35.0 Å². The number of rotatable bonds is 2. The summed E-state index contributed by atoms with van der Waals surface area (Å²) in [7, 11) is 0. The van der Waals surface area contributed by atoms with E-state index < -0.39 is 0 Å². The Morgan fingerprint density at radius 3 is 3.10 bits per heavy atom. The smallest absolute Gasteiger partial charge is 0.258 e. The van der Waals surface area contributed by atoms with E-state index in [2.05, 4.69) is 26.2 Å². The van der Waals surface area contributed by atoms with Crippen LogP contribution in [0.5, 0.6) is 0 Å². The zero-order valence-electron chi connectivity index (χ0n) is 11.6. The van der Waals surface area contributed by atoms with E-state index in [1.165, 1.54) is 16.2 Å². The van der Waals surface area contributed by atoms with Gasteiger partial charge in [0.05, 0.1) is 11.3 Å². The van der Waals surface area contributed by atoms with Gasteiger partial charge >= 0.3 is 0 Å². The van der Waals surface area contributed by atoms with Crippen molar-refractivity contribution >= 4 is 38.3 Å². The number of aromatic nitrogens is 1. The molecule has 0 saturated carbocycles. The molecule has 1 atom stereocenters. The summed E-state index contributed by atoms with van der Waals surface area (Å²) in [6.45, 7) is 1.99. The van der Waals surface area contributed by atoms with Gasteiger partial charge in [0.1, 0.15) is 0 Å². The molecule has 0 bridgehead atoms. The molecule has 4 nitrogen and oxygen atoms in total. The van der Waals surface area contributed by atoms with Crippen molar-refractivity contribution < 1.29 is 4.79 Å². The van der Waals surface area contributed by atoms with Crippen LogP contribution in [0.4, 0.5) is 5.13 Å². The van der Waals surface area contributed by atoms with Crippen LogP contribution in [0.3, 0.4) is 0 Å². The molecule has 0 saturated heterocycles. The minimum atomic E-state index is -0.141. The normalized spacial score (nSPS) is 17.4. The molecule has 21 heavy (non-hydrogen) atoms. The molecule has 1 amide bonds. The van der Waals surface area contributed by atoms with Gasteiger partial charge in [-0.3, -0.25) is 10.1 Å². The van der Waals surface area contributed by atoms with Gasteiger partial charge in [0, 0.05) is 15.4 Å². The topological polar surface area (TPSA) is 68.0 Å². The van der Waals surface area contributed by atoms with Gasteiger partial charge in [-0.2, -0.15) is 0 Å². The first-order chi connectivity index (χ1) is 10.0. The van der Waals surface area contributed by atoms with Gasteiger partial charge in [-0.1, -0.05) is 6.07 Å². The molecule has 1 aromatic heterocycles. The summed E-state index contributed by atoms with van der Waals surface area (Å²) in [5.41, 5.74) is 8.78. The summed E-state index contributed by atoms with van der Waals surface area (Å²) >= 11 is 4.96. The Bertz CT molecular complexity index is 698. The maximum Gasteiger partial charge on any atom is 0.258 e. The number of anilines is 1. The molecule has 0 unspecified atom stereocenters. The van der Waals surface area contributed by atoms with Crippen molar-refractivity contribution in [3.05, 3.63) is 44.4 Å². The number of fused-ring (bicyclic) bond motifs is 1. The number of carbonyl (C=O) groups excluding carboxylic acids is 1. The molecule has 3 rings (SSSR count). The maximum absolute atomic E-state index is 12.3. The van der Waals surface area contributed by atoms with Crippen molar-refractivity contribution in [1.82, 2.24) is 4.98 Å². The Hall–Kier alpha value is -1.24. The first-order valence-corrected chi connectivity index (χ1v) is 8.45. The highest BCUT2D eigenvalue weighted by atomic mass is 79.9. The number of benzene rings is 1. The zero-order valence-corrected chi connectivity index (χ0v) is 14.1. The summed E-state index contributed by atoms with van der Waals surface area (Å²) < 4.78 is 0.795. The van der Waals surface area contributed by atoms with Crippen LogP contribution in [0.25, 0.3) is 0 Å². The van der Waals surface area contributed by atoms with Gasteiger partial charge in [0.25, 0.3) is 5.91 Å². The van der Waals surface area contributed by atoms with Crippen LogP contribution in [-0.2, 0) is 12.8 Å². The van der Waals surface area contributed by atoms with Crippen LogP contribution in [0.1, 0.15) is 32.9 Å². The standard InChI is InChI=1S/C15H16BrN3OS/c1-8-2-4-10(11(16)6-8)14(20)19-15-18-12-5-3-9(17)7-13(12)21-15/h2,4,6,9H,3,5,7,17H2,1H3,(H,18,19,20)/t9-/m0/s1. The number of carbonyl (C=O) groups is 1. The largest absolute Gasteiger partial charge is 0.327 e. The van der Waals surface area contributed by atoms with Crippen molar-refractivity contribution in [2.24, 2.45) is 5.73 Å². The number of nitrogens with one attached hydrogen (secondary N) is 1. The van der Waals surface area contributed by atoms with Crippen molar-refractivity contribution in [3.8, 4) is 0 Å². The third kappa shape index (κ3) is 3.17. The Balaban J connectivity index is 1.79. The molecule has 0 fully saturated rings. The highest BCUT2D eigenvalue weighted by Gasteiger charge is 2.21. The van der Waals surface area contributed by atoms with Gasteiger partial charge in [-0.15, -0.1) is 11.3 Å². The molecule has 3 N–H and O–H groups in total. The number of halogens is 1. The second-order valence-corrected chi connectivity index (χ2v) is 7.27. The van der Waals surface area contributed by atoms with Gasteiger partial charge in [-0.05, 0) is 59.8 Å². The van der Waals surface area contributed by atoms with Gasteiger partial charge in [0.15, 0.2) is 5.13 Å². The van der Waals surface area contributed by atoms with Crippen LogP contribution in [0, 0.1) is 6.92 Å². The molecular formula is C15H16BrN3OS. The molecule has 0 spiro atoms. The number of nitrogens with two attached hydrogens (primary N) is 1. The van der Waals surface area contributed by atoms with E-state index in [-0.39, 0.29) is 11.9 Å². The number of hydrogen-bond donors (Lipinski definition) is 2. The fraction of sp³-hybridized carbons (Fsp3) is 0.333. The molecule has 1 aliphatic rings. The average Bonchev–Trinajstić information content (AvgIpc) is 2.79. The summed E-state index contributed by atoms with van der Waals surface area (Å²) in [6.07, 6.45) is 2.72. The molecule has 0 aliphatic heterocycles. The zero-order chi connectivity index (χ0) is 15.0. The second-order valence-electron chi connectivity index (χ2n) is 5.33. The van der Waals surface area contributed by atoms with Crippen LogP contribution >= 0.6 is 27.3 Å². The fourth-order valence-electron chi connectivity index (χ4n) is 2.42. The van der Waals surface area contributed by atoms with Gasteiger partial charge in [0.2, 0.25) is 0 Å². The Kier molecular flexibility index (Phi) is 4.10. The third-order valence-corrected chi connectivity index (χ3v) is 5.26. The average molecular weight is 366 g/mol. The Morgan fingerprint density at radius 1 is 1.52 bits per heavy atom. The maximum atomic E-state index is 12.3. The van der Waals surface area contributed by atoms with E-state index in [1.807, 2.05) is 25.1 Å². The molecule has 110 valence electrons. The first-order valence-electron chi connectivity index (χ1n) is 6.84. The molecule has 6 heteroatoms. The van der Waals surface area contributed by atoms with Crippen LogP contribution in [-0.4, -0.2) is 16.9 Å². The summed E-state index contributed by atoms with van der Waals surface area (Å²) in [4.78, 5) is 18.0. The molecule has 1 heterocycles. The number of aryl methyl sites for hydroxylation is 2. The molecule has 1 aliphatic carbocycles. The predicted octanol–water partition coefficient (Wildman–Crippen LogP) is 3.28. The van der Waals surface area contributed by atoms with E-state index in [0.29, 0.717) is 10.7 Å². The molecular weight excluding hydrogens is 350 g/mol. The lowest BCUT2D eigenvalue weighted by molar-refractivity contribution is 0.102. The summed E-state index contributed by atoms with van der Waals surface area (Å²) in [6, 6.07) is 5.89. The lowest BCUT2D eigenvalue weighted by Crippen LogP contribution is -2.27. The fourth-order valence-corrected chi connectivity index (χ4v) is 4.19. The van der Waals surface area contributed by atoms with E-state index >= 15 is 0 Å². The SMILES string of the molecule is Cc1ccc(C(=O)Nc2nc3c(s2)C[C@@H](N)CC3)c(Br)c1.